The van der Waals surface area contributed by atoms with Crippen LogP contribution in [0.2, 0.25) is 5.02 Å². The number of phenolic OH excluding ortho intramolecular Hbond substituents is 1. The fraction of sp³-hybridized carbons (Fsp3) is 0.188. The molecule has 5 nitrogen and oxygen atoms in total. The number of halogens is 1. The molecule has 0 spiro atoms. The van der Waals surface area contributed by atoms with Gasteiger partial charge >= 0.3 is 0 Å². The molecule has 1 amide bonds. The van der Waals surface area contributed by atoms with Crippen LogP contribution in [0.15, 0.2) is 36.4 Å². The largest absolute Gasteiger partial charge is 0.507 e. The van der Waals surface area contributed by atoms with E-state index in [1.165, 1.54) is 18.2 Å². The Bertz CT molecular complexity index is 717. The number of fused-ring (bicyclic) bond motifs is 1. The van der Waals surface area contributed by atoms with Gasteiger partial charge in [-0.3, -0.25) is 4.79 Å². The van der Waals surface area contributed by atoms with Crippen LogP contribution in [-0.4, -0.2) is 24.2 Å². The van der Waals surface area contributed by atoms with E-state index in [1.54, 1.807) is 0 Å². The standard InChI is InChI=1S/C16H14ClNO4/c17-11-2-3-13(19)12(8-11)16(20)18-9-10-1-4-14-15(7-10)22-6-5-21-14/h1-4,7-8,19H,5-6,9H2,(H,18,20). The number of benzene rings is 2. The van der Waals surface area contributed by atoms with E-state index in [0.29, 0.717) is 36.3 Å². The molecule has 0 saturated carbocycles. The zero-order valence-electron chi connectivity index (χ0n) is 11.6. The third-order valence-electron chi connectivity index (χ3n) is 3.26. The van der Waals surface area contributed by atoms with Crippen molar-refractivity contribution in [1.29, 1.82) is 0 Å². The second-order valence-electron chi connectivity index (χ2n) is 4.82. The van der Waals surface area contributed by atoms with Crippen molar-refractivity contribution in [2.24, 2.45) is 0 Å². The predicted molar refractivity (Wildman–Crippen MR) is 81.7 cm³/mol. The molecule has 0 radical (unpaired) electrons. The molecule has 1 heterocycles. The first-order valence-electron chi connectivity index (χ1n) is 6.79. The number of nitrogens with one attached hydrogen (secondary N) is 1. The topological polar surface area (TPSA) is 67.8 Å². The molecule has 0 aliphatic carbocycles. The Hall–Kier alpha value is -2.40. The van der Waals surface area contributed by atoms with Gasteiger partial charge in [-0.05, 0) is 35.9 Å². The molecule has 2 aromatic rings. The summed E-state index contributed by atoms with van der Waals surface area (Å²) in [5.74, 6) is 0.872. The van der Waals surface area contributed by atoms with E-state index in [-0.39, 0.29) is 11.3 Å². The van der Waals surface area contributed by atoms with Gasteiger partial charge in [-0.15, -0.1) is 0 Å². The highest BCUT2D eigenvalue weighted by Gasteiger charge is 2.14. The molecule has 1 aliphatic heterocycles. The molecule has 114 valence electrons. The maximum absolute atomic E-state index is 12.1. The Labute approximate surface area is 132 Å². The number of amides is 1. The summed E-state index contributed by atoms with van der Waals surface area (Å²) in [5, 5.41) is 12.8. The van der Waals surface area contributed by atoms with Crippen molar-refractivity contribution in [2.75, 3.05) is 13.2 Å². The summed E-state index contributed by atoms with van der Waals surface area (Å²) in [6.45, 7) is 1.36. The number of aromatic hydroxyl groups is 1. The van der Waals surface area contributed by atoms with Crippen molar-refractivity contribution >= 4 is 17.5 Å². The minimum Gasteiger partial charge on any atom is -0.507 e. The van der Waals surface area contributed by atoms with E-state index in [0.717, 1.165) is 5.56 Å². The molecular weight excluding hydrogens is 306 g/mol. The molecule has 0 aromatic heterocycles. The number of carbonyl (C=O) groups excluding carboxylic acids is 1. The van der Waals surface area contributed by atoms with Crippen molar-refractivity contribution < 1.29 is 19.4 Å². The van der Waals surface area contributed by atoms with Crippen LogP contribution >= 0.6 is 11.6 Å². The molecule has 3 rings (SSSR count). The molecular formula is C16H14ClNO4. The number of ether oxygens (including phenoxy) is 2. The number of hydrogen-bond donors (Lipinski definition) is 2. The van der Waals surface area contributed by atoms with Gasteiger partial charge in [0, 0.05) is 11.6 Å². The smallest absolute Gasteiger partial charge is 0.255 e. The average molecular weight is 320 g/mol. The lowest BCUT2D eigenvalue weighted by molar-refractivity contribution is 0.0948. The van der Waals surface area contributed by atoms with Gasteiger partial charge in [-0.1, -0.05) is 17.7 Å². The molecule has 0 atom stereocenters. The number of carbonyl (C=O) groups is 1. The highest BCUT2D eigenvalue weighted by atomic mass is 35.5. The Morgan fingerprint density at radius 3 is 2.73 bits per heavy atom. The minimum atomic E-state index is -0.394. The highest BCUT2D eigenvalue weighted by molar-refractivity contribution is 6.31. The van der Waals surface area contributed by atoms with E-state index in [9.17, 15) is 9.90 Å². The number of rotatable bonds is 3. The Kier molecular flexibility index (Phi) is 4.06. The van der Waals surface area contributed by atoms with Gasteiger partial charge < -0.3 is 19.9 Å². The number of phenols is 1. The Morgan fingerprint density at radius 1 is 1.14 bits per heavy atom. The lowest BCUT2D eigenvalue weighted by Gasteiger charge is -2.19. The third kappa shape index (κ3) is 3.09. The van der Waals surface area contributed by atoms with Gasteiger partial charge in [0.25, 0.3) is 5.91 Å². The van der Waals surface area contributed by atoms with E-state index in [1.807, 2.05) is 18.2 Å². The van der Waals surface area contributed by atoms with Crippen molar-refractivity contribution in [1.82, 2.24) is 5.32 Å². The van der Waals surface area contributed by atoms with Crippen LogP contribution < -0.4 is 14.8 Å². The second-order valence-corrected chi connectivity index (χ2v) is 5.26. The van der Waals surface area contributed by atoms with Gasteiger partial charge in [0.1, 0.15) is 19.0 Å². The first kappa shape index (κ1) is 14.5. The quantitative estimate of drug-likeness (QED) is 0.913. The van der Waals surface area contributed by atoms with Gasteiger partial charge in [0.05, 0.1) is 5.56 Å². The van der Waals surface area contributed by atoms with Crippen LogP contribution in [0.5, 0.6) is 17.2 Å². The fourth-order valence-electron chi connectivity index (χ4n) is 2.17. The molecule has 0 saturated heterocycles. The summed E-state index contributed by atoms with van der Waals surface area (Å²) in [5.41, 5.74) is 1.02. The predicted octanol–water partition coefficient (Wildman–Crippen LogP) is 2.75. The van der Waals surface area contributed by atoms with Gasteiger partial charge in [-0.2, -0.15) is 0 Å². The zero-order valence-corrected chi connectivity index (χ0v) is 12.4. The average Bonchev–Trinajstić information content (AvgIpc) is 2.54. The van der Waals surface area contributed by atoms with Crippen LogP contribution in [0.3, 0.4) is 0 Å². The molecule has 1 aliphatic rings. The van der Waals surface area contributed by atoms with Crippen LogP contribution in [0.1, 0.15) is 15.9 Å². The monoisotopic (exact) mass is 319 g/mol. The summed E-state index contributed by atoms with van der Waals surface area (Å²) >= 11 is 5.84. The van der Waals surface area contributed by atoms with Gasteiger partial charge in [0.15, 0.2) is 11.5 Å². The molecule has 22 heavy (non-hydrogen) atoms. The molecule has 2 N–H and O–H groups in total. The van der Waals surface area contributed by atoms with Crippen molar-refractivity contribution in [3.63, 3.8) is 0 Å². The molecule has 2 aromatic carbocycles. The lowest BCUT2D eigenvalue weighted by Crippen LogP contribution is -2.23. The van der Waals surface area contributed by atoms with Crippen LogP contribution in [0.4, 0.5) is 0 Å². The summed E-state index contributed by atoms with van der Waals surface area (Å²) in [4.78, 5) is 12.1. The van der Waals surface area contributed by atoms with E-state index in [4.69, 9.17) is 21.1 Å². The number of hydrogen-bond acceptors (Lipinski definition) is 4. The van der Waals surface area contributed by atoms with Crippen LogP contribution in [0.25, 0.3) is 0 Å². The third-order valence-corrected chi connectivity index (χ3v) is 3.50. The van der Waals surface area contributed by atoms with Crippen LogP contribution in [-0.2, 0) is 6.54 Å². The van der Waals surface area contributed by atoms with Crippen molar-refractivity contribution in [3.8, 4) is 17.2 Å². The van der Waals surface area contributed by atoms with Gasteiger partial charge in [-0.25, -0.2) is 0 Å². The van der Waals surface area contributed by atoms with E-state index >= 15 is 0 Å². The normalized spacial score (nSPS) is 12.8. The molecule has 0 fully saturated rings. The molecule has 6 heteroatoms. The van der Waals surface area contributed by atoms with E-state index < -0.39 is 5.91 Å². The highest BCUT2D eigenvalue weighted by Crippen LogP contribution is 2.30. The van der Waals surface area contributed by atoms with Crippen molar-refractivity contribution in [3.05, 3.63) is 52.5 Å². The summed E-state index contributed by atoms with van der Waals surface area (Å²) in [7, 11) is 0. The maximum atomic E-state index is 12.1. The van der Waals surface area contributed by atoms with Crippen molar-refractivity contribution in [2.45, 2.75) is 6.54 Å². The molecule has 0 bridgehead atoms. The first-order valence-corrected chi connectivity index (χ1v) is 7.16. The maximum Gasteiger partial charge on any atom is 0.255 e. The Balaban J connectivity index is 1.69. The van der Waals surface area contributed by atoms with E-state index in [2.05, 4.69) is 5.32 Å². The second kappa shape index (κ2) is 6.15. The summed E-state index contributed by atoms with van der Waals surface area (Å²) in [6.07, 6.45) is 0. The lowest BCUT2D eigenvalue weighted by atomic mass is 10.1. The first-order chi connectivity index (χ1) is 10.6. The molecule has 0 unspecified atom stereocenters. The fourth-order valence-corrected chi connectivity index (χ4v) is 2.34. The summed E-state index contributed by atoms with van der Waals surface area (Å²) in [6, 6.07) is 9.83. The zero-order chi connectivity index (χ0) is 15.5. The van der Waals surface area contributed by atoms with Gasteiger partial charge in [0.2, 0.25) is 0 Å². The SMILES string of the molecule is O=C(NCc1ccc2c(c1)OCCO2)c1cc(Cl)ccc1O. The summed E-state index contributed by atoms with van der Waals surface area (Å²) < 4.78 is 10.9. The Morgan fingerprint density at radius 2 is 1.91 bits per heavy atom. The van der Waals surface area contributed by atoms with Crippen LogP contribution in [0, 0.1) is 0 Å². The minimum absolute atomic E-state index is 0.107.